The molecule has 0 unspecified atom stereocenters. The Kier molecular flexibility index (Phi) is 5.66. The first-order valence-electron chi connectivity index (χ1n) is 17.4. The van der Waals surface area contributed by atoms with Crippen molar-refractivity contribution in [1.29, 1.82) is 0 Å². The highest BCUT2D eigenvalue weighted by Crippen LogP contribution is 2.55. The predicted molar refractivity (Wildman–Crippen MR) is 208 cm³/mol. The van der Waals surface area contributed by atoms with Crippen LogP contribution in [0.1, 0.15) is 25.1 Å². The Morgan fingerprint density at radius 3 is 1.92 bits per heavy atom. The van der Waals surface area contributed by atoms with Crippen molar-refractivity contribution in [3.8, 4) is 28.7 Å². The zero-order valence-corrected chi connectivity index (χ0v) is 28.1. The van der Waals surface area contributed by atoms with E-state index in [0.29, 0.717) is 5.95 Å². The van der Waals surface area contributed by atoms with Crippen molar-refractivity contribution in [2.45, 2.75) is 19.3 Å². The minimum Gasteiger partial charge on any atom is -0.453 e. The third-order valence-corrected chi connectivity index (χ3v) is 10.8. The van der Waals surface area contributed by atoms with Crippen LogP contribution in [-0.4, -0.2) is 19.5 Å². The molecule has 0 atom stereocenters. The Morgan fingerprint density at radius 2 is 1.16 bits per heavy atom. The second-order valence-electron chi connectivity index (χ2n) is 14.0. The number of fused-ring (bicyclic) bond motifs is 15. The fraction of sp³-hybridized carbons (Fsp3) is 0.0652. The molecule has 0 spiro atoms. The number of rotatable bonds is 2. The van der Waals surface area contributed by atoms with E-state index in [1.54, 1.807) is 0 Å². The van der Waals surface area contributed by atoms with Gasteiger partial charge in [-0.2, -0.15) is 0 Å². The van der Waals surface area contributed by atoms with Crippen molar-refractivity contribution < 1.29 is 4.74 Å². The number of pyridine rings is 1. The normalized spacial score (nSPS) is 13.6. The first-order chi connectivity index (χ1) is 25.1. The molecule has 0 saturated heterocycles. The Labute approximate surface area is 293 Å². The molecule has 7 aromatic carbocycles. The second kappa shape index (κ2) is 10.2. The van der Waals surface area contributed by atoms with E-state index in [9.17, 15) is 0 Å². The Morgan fingerprint density at radius 1 is 0.549 bits per heavy atom. The zero-order chi connectivity index (χ0) is 33.8. The van der Waals surface area contributed by atoms with Crippen molar-refractivity contribution >= 4 is 65.0 Å². The highest BCUT2D eigenvalue weighted by molar-refractivity contribution is 6.28. The number of aromatic nitrogens is 4. The maximum atomic E-state index is 7.02. The van der Waals surface area contributed by atoms with Crippen LogP contribution in [0.3, 0.4) is 0 Å². The van der Waals surface area contributed by atoms with Crippen molar-refractivity contribution in [2.24, 2.45) is 0 Å². The zero-order valence-electron chi connectivity index (χ0n) is 28.1. The van der Waals surface area contributed by atoms with Gasteiger partial charge < -0.3 is 4.74 Å². The third kappa shape index (κ3) is 3.78. The Hall–Kier alpha value is -6.59. The molecule has 10 aromatic rings. The number of nitrogens with zero attached hydrogens (tertiary/aromatic N) is 4. The molecular weight excluding hydrogens is 625 g/mol. The van der Waals surface area contributed by atoms with Gasteiger partial charge in [-0.15, -0.1) is 0 Å². The van der Waals surface area contributed by atoms with Gasteiger partial charge in [-0.1, -0.05) is 121 Å². The Balaban J connectivity index is 1.38. The summed E-state index contributed by atoms with van der Waals surface area (Å²) >= 11 is 0. The van der Waals surface area contributed by atoms with E-state index in [1.165, 1.54) is 10.8 Å². The molecule has 51 heavy (non-hydrogen) atoms. The van der Waals surface area contributed by atoms with E-state index in [-0.39, 0.29) is 0 Å². The molecule has 0 N–H and O–H groups in total. The fourth-order valence-electron chi connectivity index (χ4n) is 8.65. The minimum absolute atomic E-state index is 0.437. The summed E-state index contributed by atoms with van der Waals surface area (Å²) in [5, 5.41) is 10.2. The van der Waals surface area contributed by atoms with Crippen LogP contribution in [0.15, 0.2) is 146 Å². The lowest BCUT2D eigenvalue weighted by molar-refractivity contribution is 0.415. The van der Waals surface area contributed by atoms with Crippen LogP contribution in [0, 0.1) is 0 Å². The van der Waals surface area contributed by atoms with Crippen molar-refractivity contribution in [1.82, 2.24) is 19.5 Å². The monoisotopic (exact) mass is 654 g/mol. The lowest BCUT2D eigenvalue weighted by Crippen LogP contribution is -2.26. The van der Waals surface area contributed by atoms with Crippen LogP contribution in [0.25, 0.3) is 82.2 Å². The van der Waals surface area contributed by atoms with Crippen LogP contribution in [-0.2, 0) is 5.41 Å². The molecule has 0 fully saturated rings. The number of benzene rings is 7. The molecule has 0 radical (unpaired) electrons. The number of para-hydroxylation sites is 1. The molecule has 5 nitrogen and oxygen atoms in total. The fourth-order valence-corrected chi connectivity index (χ4v) is 8.65. The van der Waals surface area contributed by atoms with E-state index in [2.05, 4.69) is 146 Å². The van der Waals surface area contributed by atoms with Crippen molar-refractivity contribution in [3.63, 3.8) is 0 Å². The topological polar surface area (TPSA) is 52.8 Å². The van der Waals surface area contributed by atoms with E-state index < -0.39 is 5.41 Å². The highest BCUT2D eigenvalue weighted by Gasteiger charge is 2.40. The molecule has 3 aromatic heterocycles. The molecule has 0 saturated carbocycles. The van der Waals surface area contributed by atoms with Gasteiger partial charge in [-0.3, -0.25) is 9.55 Å². The summed E-state index contributed by atoms with van der Waals surface area (Å²) in [4.78, 5) is 16.0. The van der Waals surface area contributed by atoms with E-state index >= 15 is 0 Å². The van der Waals surface area contributed by atoms with Gasteiger partial charge in [0.2, 0.25) is 5.95 Å². The number of hydrogen-bond acceptors (Lipinski definition) is 4. The van der Waals surface area contributed by atoms with Crippen molar-refractivity contribution in [3.05, 3.63) is 157 Å². The number of hydrogen-bond donors (Lipinski definition) is 0. The summed E-state index contributed by atoms with van der Waals surface area (Å²) < 4.78 is 9.26. The third-order valence-electron chi connectivity index (χ3n) is 10.8. The van der Waals surface area contributed by atoms with Gasteiger partial charge in [0.1, 0.15) is 11.3 Å². The van der Waals surface area contributed by atoms with Crippen LogP contribution in [0.4, 0.5) is 0 Å². The average Bonchev–Trinajstić information content (AvgIpc) is 3.54. The molecule has 4 heterocycles. The lowest BCUT2D eigenvalue weighted by Gasteiger charge is -2.35. The van der Waals surface area contributed by atoms with Gasteiger partial charge in [0.05, 0.1) is 22.4 Å². The van der Waals surface area contributed by atoms with Crippen LogP contribution < -0.4 is 4.74 Å². The van der Waals surface area contributed by atoms with E-state index in [4.69, 9.17) is 19.7 Å². The summed E-state index contributed by atoms with van der Waals surface area (Å²) in [5.41, 5.74) is 6.44. The molecule has 11 rings (SSSR count). The average molecular weight is 655 g/mol. The maximum Gasteiger partial charge on any atom is 0.235 e. The minimum atomic E-state index is -0.437. The summed E-state index contributed by atoms with van der Waals surface area (Å²) in [6, 6.07) is 49.0. The molecule has 1 aliphatic rings. The highest BCUT2D eigenvalue weighted by atomic mass is 16.5. The summed E-state index contributed by atoms with van der Waals surface area (Å²) in [5.74, 6) is 2.19. The predicted octanol–water partition coefficient (Wildman–Crippen LogP) is 11.7. The van der Waals surface area contributed by atoms with E-state index in [0.717, 1.165) is 88.3 Å². The molecule has 0 amide bonds. The van der Waals surface area contributed by atoms with E-state index in [1.807, 2.05) is 18.3 Å². The molecule has 0 bridgehead atoms. The van der Waals surface area contributed by atoms with Crippen LogP contribution >= 0.6 is 0 Å². The van der Waals surface area contributed by atoms with Gasteiger partial charge in [0.15, 0.2) is 5.75 Å². The smallest absolute Gasteiger partial charge is 0.235 e. The lowest BCUT2D eigenvalue weighted by atomic mass is 9.75. The van der Waals surface area contributed by atoms with Gasteiger partial charge in [0, 0.05) is 44.3 Å². The second-order valence-corrected chi connectivity index (χ2v) is 14.0. The summed E-state index contributed by atoms with van der Waals surface area (Å²) in [6.45, 7) is 4.51. The summed E-state index contributed by atoms with van der Waals surface area (Å²) in [6.07, 6.45) is 1.86. The quantitative estimate of drug-likeness (QED) is 0.174. The molecule has 5 heteroatoms. The first kappa shape index (κ1) is 28.3. The van der Waals surface area contributed by atoms with Crippen LogP contribution in [0.2, 0.25) is 0 Å². The maximum absolute atomic E-state index is 7.02. The molecule has 0 aliphatic carbocycles. The largest absolute Gasteiger partial charge is 0.453 e. The van der Waals surface area contributed by atoms with Gasteiger partial charge >= 0.3 is 0 Å². The first-order valence-corrected chi connectivity index (χ1v) is 17.4. The number of ether oxygens (including phenoxy) is 1. The van der Waals surface area contributed by atoms with Crippen molar-refractivity contribution in [2.75, 3.05) is 0 Å². The van der Waals surface area contributed by atoms with Gasteiger partial charge in [0.25, 0.3) is 0 Å². The Bertz CT molecular complexity index is 3090. The SMILES string of the molecule is CC1(C)c2ncccc2Oc2c1c1ccccc1c1c3ccccc3n(-c3nc(-c4ccccc4)c4c5ccccc5c5ccccc5c4n3)c21. The molecule has 240 valence electrons. The summed E-state index contributed by atoms with van der Waals surface area (Å²) in [7, 11) is 0. The molecule has 1 aliphatic heterocycles. The molecular formula is C46H30N4O. The standard InChI is InChI=1S/C46H30N4O/c1-46(2)39-32-21-10-9-20-31(32)37-34-23-12-13-24-35(34)50(42(37)43(39)51-36-25-14-26-47-44(36)46)45-48-40(27-15-4-3-5-16-27)38-30-19-8-6-17-28(30)29-18-7-11-22-33(29)41(38)49-45/h3-26H,1-2H3. The van der Waals surface area contributed by atoms with Gasteiger partial charge in [-0.25, -0.2) is 9.97 Å². The van der Waals surface area contributed by atoms with Crippen LogP contribution in [0.5, 0.6) is 11.5 Å². The van der Waals surface area contributed by atoms with Gasteiger partial charge in [-0.05, 0) is 59.0 Å².